The number of hydrogen-bond donors (Lipinski definition) is 2. The molecular weight excluding hydrogens is 166 g/mol. The van der Waals surface area contributed by atoms with Gasteiger partial charge in [0.05, 0.1) is 17.6 Å². The van der Waals surface area contributed by atoms with Crippen LogP contribution in [0.3, 0.4) is 0 Å². The van der Waals surface area contributed by atoms with Crippen LogP contribution in [0.5, 0.6) is 0 Å². The standard InChI is InChI=1S/C9H9N3O/c1-5(13)8-3-6-2-7(10)4-11-9(6)12-8/h2-4H,10H2,1H3,(H,11,12). The van der Waals surface area contributed by atoms with Crippen LogP contribution in [0.2, 0.25) is 0 Å². The fourth-order valence-electron chi connectivity index (χ4n) is 1.22. The molecule has 0 atom stereocenters. The number of ketones is 1. The van der Waals surface area contributed by atoms with Crippen LogP contribution in [0, 0.1) is 0 Å². The minimum absolute atomic E-state index is 0.00317. The minimum Gasteiger partial charge on any atom is -0.397 e. The van der Waals surface area contributed by atoms with Gasteiger partial charge in [-0.05, 0) is 12.1 Å². The quantitative estimate of drug-likeness (QED) is 0.642. The van der Waals surface area contributed by atoms with Crippen LogP contribution in [0.4, 0.5) is 5.69 Å². The van der Waals surface area contributed by atoms with Gasteiger partial charge in [0.15, 0.2) is 5.78 Å². The fraction of sp³-hybridized carbons (Fsp3) is 0.111. The minimum atomic E-state index is -0.00317. The van der Waals surface area contributed by atoms with Crippen molar-refractivity contribution in [2.75, 3.05) is 5.73 Å². The molecule has 0 saturated heterocycles. The van der Waals surface area contributed by atoms with E-state index in [9.17, 15) is 4.79 Å². The zero-order valence-corrected chi connectivity index (χ0v) is 7.16. The number of aromatic amines is 1. The van der Waals surface area contributed by atoms with Gasteiger partial charge >= 0.3 is 0 Å². The fourth-order valence-corrected chi connectivity index (χ4v) is 1.22. The van der Waals surface area contributed by atoms with E-state index in [0.717, 1.165) is 5.39 Å². The third kappa shape index (κ3) is 1.26. The van der Waals surface area contributed by atoms with Crippen molar-refractivity contribution in [3.8, 4) is 0 Å². The van der Waals surface area contributed by atoms with Crippen LogP contribution in [-0.4, -0.2) is 15.8 Å². The predicted octanol–water partition coefficient (Wildman–Crippen LogP) is 1.35. The van der Waals surface area contributed by atoms with Crippen molar-refractivity contribution in [1.82, 2.24) is 9.97 Å². The van der Waals surface area contributed by atoms with Crippen molar-refractivity contribution in [2.45, 2.75) is 6.92 Å². The van der Waals surface area contributed by atoms with Crippen molar-refractivity contribution in [3.63, 3.8) is 0 Å². The molecule has 0 spiro atoms. The Morgan fingerprint density at radius 1 is 1.54 bits per heavy atom. The first-order valence-electron chi connectivity index (χ1n) is 3.92. The lowest BCUT2D eigenvalue weighted by Crippen LogP contribution is -1.90. The van der Waals surface area contributed by atoms with Gasteiger partial charge in [0, 0.05) is 12.3 Å². The number of fused-ring (bicyclic) bond motifs is 1. The number of carbonyl (C=O) groups excluding carboxylic acids is 1. The van der Waals surface area contributed by atoms with Crippen LogP contribution >= 0.6 is 0 Å². The summed E-state index contributed by atoms with van der Waals surface area (Å²) < 4.78 is 0. The monoisotopic (exact) mass is 175 g/mol. The summed E-state index contributed by atoms with van der Waals surface area (Å²) in [7, 11) is 0. The average Bonchev–Trinajstić information content (AvgIpc) is 2.46. The summed E-state index contributed by atoms with van der Waals surface area (Å²) in [5, 5.41) is 0.866. The number of H-pyrrole nitrogens is 1. The van der Waals surface area contributed by atoms with E-state index >= 15 is 0 Å². The Balaban J connectivity index is 2.68. The van der Waals surface area contributed by atoms with Crippen LogP contribution in [0.15, 0.2) is 18.3 Å². The highest BCUT2D eigenvalue weighted by atomic mass is 16.1. The van der Waals surface area contributed by atoms with E-state index in [1.807, 2.05) is 0 Å². The molecule has 0 aliphatic heterocycles. The van der Waals surface area contributed by atoms with Crippen molar-refractivity contribution >= 4 is 22.5 Å². The van der Waals surface area contributed by atoms with E-state index in [4.69, 9.17) is 5.73 Å². The van der Waals surface area contributed by atoms with Crippen LogP contribution in [-0.2, 0) is 0 Å². The molecule has 0 saturated carbocycles. The van der Waals surface area contributed by atoms with Gasteiger partial charge in [-0.25, -0.2) is 4.98 Å². The Morgan fingerprint density at radius 3 is 3.00 bits per heavy atom. The Bertz CT molecular complexity index is 473. The molecule has 13 heavy (non-hydrogen) atoms. The number of pyridine rings is 1. The second-order valence-electron chi connectivity index (χ2n) is 2.95. The van der Waals surface area contributed by atoms with Gasteiger partial charge in [-0.3, -0.25) is 4.79 Å². The second kappa shape index (κ2) is 2.58. The van der Waals surface area contributed by atoms with Crippen LogP contribution in [0.25, 0.3) is 11.0 Å². The topological polar surface area (TPSA) is 71.8 Å². The molecule has 4 heteroatoms. The van der Waals surface area contributed by atoms with Crippen molar-refractivity contribution in [2.24, 2.45) is 0 Å². The Morgan fingerprint density at radius 2 is 2.31 bits per heavy atom. The summed E-state index contributed by atoms with van der Waals surface area (Å²) >= 11 is 0. The highest BCUT2D eigenvalue weighted by molar-refractivity contribution is 5.97. The van der Waals surface area contributed by atoms with E-state index in [0.29, 0.717) is 17.0 Å². The number of nitrogens with two attached hydrogens (primary N) is 1. The number of aromatic nitrogens is 2. The Labute approximate surface area is 74.8 Å². The number of nitrogens with zero attached hydrogens (tertiary/aromatic N) is 1. The van der Waals surface area contributed by atoms with E-state index in [1.165, 1.54) is 6.92 Å². The lowest BCUT2D eigenvalue weighted by molar-refractivity contribution is 0.101. The number of Topliss-reactive ketones (excluding diaryl/α,β-unsaturated/α-hetero) is 1. The first-order chi connectivity index (χ1) is 6.16. The summed E-state index contributed by atoms with van der Waals surface area (Å²) in [6, 6.07) is 3.53. The summed E-state index contributed by atoms with van der Waals surface area (Å²) in [5.41, 5.74) is 7.40. The van der Waals surface area contributed by atoms with Gasteiger partial charge < -0.3 is 10.7 Å². The average molecular weight is 175 g/mol. The van der Waals surface area contributed by atoms with E-state index in [2.05, 4.69) is 9.97 Å². The Hall–Kier alpha value is -1.84. The van der Waals surface area contributed by atoms with Gasteiger partial charge in [-0.2, -0.15) is 0 Å². The lowest BCUT2D eigenvalue weighted by Gasteiger charge is -1.90. The van der Waals surface area contributed by atoms with E-state index in [-0.39, 0.29) is 5.78 Å². The number of nitrogens with one attached hydrogen (secondary N) is 1. The molecule has 3 N–H and O–H groups in total. The summed E-state index contributed by atoms with van der Waals surface area (Å²) in [6.07, 6.45) is 1.56. The van der Waals surface area contributed by atoms with Crippen molar-refractivity contribution < 1.29 is 4.79 Å². The van der Waals surface area contributed by atoms with Crippen LogP contribution < -0.4 is 5.73 Å². The number of carbonyl (C=O) groups is 1. The maximum absolute atomic E-state index is 11.0. The van der Waals surface area contributed by atoms with Crippen molar-refractivity contribution in [1.29, 1.82) is 0 Å². The molecule has 2 aromatic heterocycles. The summed E-state index contributed by atoms with van der Waals surface area (Å²) in [5.74, 6) is -0.00317. The number of rotatable bonds is 1. The molecule has 0 unspecified atom stereocenters. The lowest BCUT2D eigenvalue weighted by atomic mass is 10.3. The summed E-state index contributed by atoms with van der Waals surface area (Å²) in [6.45, 7) is 1.51. The van der Waals surface area contributed by atoms with Crippen molar-refractivity contribution in [3.05, 3.63) is 24.0 Å². The molecular formula is C9H9N3O. The number of hydrogen-bond acceptors (Lipinski definition) is 3. The molecule has 2 rings (SSSR count). The molecule has 0 aliphatic carbocycles. The molecule has 0 radical (unpaired) electrons. The molecule has 2 heterocycles. The third-order valence-electron chi connectivity index (χ3n) is 1.87. The maximum atomic E-state index is 11.0. The molecule has 0 aliphatic rings. The van der Waals surface area contributed by atoms with Gasteiger partial charge in [0.25, 0.3) is 0 Å². The molecule has 0 fully saturated rings. The zero-order valence-electron chi connectivity index (χ0n) is 7.16. The molecule has 2 aromatic rings. The SMILES string of the molecule is CC(=O)c1cc2cc(N)cnc2[nH]1. The summed E-state index contributed by atoms with van der Waals surface area (Å²) in [4.78, 5) is 18.0. The predicted molar refractivity (Wildman–Crippen MR) is 50.5 cm³/mol. The zero-order chi connectivity index (χ0) is 9.42. The van der Waals surface area contributed by atoms with Gasteiger partial charge in [0.1, 0.15) is 5.65 Å². The maximum Gasteiger partial charge on any atom is 0.176 e. The second-order valence-corrected chi connectivity index (χ2v) is 2.95. The largest absolute Gasteiger partial charge is 0.397 e. The van der Waals surface area contributed by atoms with E-state index < -0.39 is 0 Å². The molecule has 4 nitrogen and oxygen atoms in total. The molecule has 0 aromatic carbocycles. The molecule has 66 valence electrons. The Kier molecular flexibility index (Phi) is 1.55. The van der Waals surface area contributed by atoms with Gasteiger partial charge in [-0.15, -0.1) is 0 Å². The molecule has 0 amide bonds. The molecule has 0 bridgehead atoms. The van der Waals surface area contributed by atoms with E-state index in [1.54, 1.807) is 18.3 Å². The van der Waals surface area contributed by atoms with Gasteiger partial charge in [-0.1, -0.05) is 0 Å². The number of nitrogen functional groups attached to an aromatic ring is 1. The first kappa shape index (κ1) is 7.79. The van der Waals surface area contributed by atoms with Gasteiger partial charge in [0.2, 0.25) is 0 Å². The highest BCUT2D eigenvalue weighted by Crippen LogP contribution is 2.15. The van der Waals surface area contributed by atoms with Crippen LogP contribution in [0.1, 0.15) is 17.4 Å². The highest BCUT2D eigenvalue weighted by Gasteiger charge is 2.04. The number of anilines is 1. The third-order valence-corrected chi connectivity index (χ3v) is 1.87. The normalized spacial score (nSPS) is 10.5. The first-order valence-corrected chi connectivity index (χ1v) is 3.92. The smallest absolute Gasteiger partial charge is 0.176 e.